The summed E-state index contributed by atoms with van der Waals surface area (Å²) in [5.41, 5.74) is -2.83. The number of nitrogens with one attached hydrogen (secondary N) is 1. The number of nitrogens with zero attached hydrogens (tertiary/aromatic N) is 2. The molecular weight excluding hydrogens is 320 g/mol. The summed E-state index contributed by atoms with van der Waals surface area (Å²) in [6, 6.07) is 0. The lowest BCUT2D eigenvalue weighted by molar-refractivity contribution is -0.0547. The van der Waals surface area contributed by atoms with Crippen molar-refractivity contribution in [2.75, 3.05) is 6.61 Å². The van der Waals surface area contributed by atoms with Gasteiger partial charge < -0.3 is 25.0 Å². The zero-order chi connectivity index (χ0) is 16.9. The molecule has 9 nitrogen and oxygen atoms in total. The lowest BCUT2D eigenvalue weighted by atomic mass is 10.1. The molecule has 3 rings (SSSR count). The molecule has 4 unspecified atom stereocenters. The van der Waals surface area contributed by atoms with E-state index in [9.17, 15) is 28.6 Å². The highest BCUT2D eigenvalue weighted by atomic mass is 19.2. The molecule has 1 saturated heterocycles. The Morgan fingerprint density at radius 2 is 2.00 bits per heavy atom. The molecule has 4 atom stereocenters. The summed E-state index contributed by atoms with van der Waals surface area (Å²) in [5.74, 6) is -3.23. The lowest BCUT2D eigenvalue weighted by Crippen LogP contribution is -2.36. The molecule has 4 N–H and O–H groups in total. The van der Waals surface area contributed by atoms with E-state index in [-0.39, 0.29) is 0 Å². The number of aliphatic hydroxyl groups is 3. The minimum atomic E-state index is -1.68. The number of pyridine rings is 1. The molecule has 11 heteroatoms. The van der Waals surface area contributed by atoms with E-state index in [0.29, 0.717) is 4.57 Å². The maximum atomic E-state index is 13.3. The monoisotopic (exact) mass is 331 g/mol. The Labute approximate surface area is 125 Å². The highest BCUT2D eigenvalue weighted by Gasteiger charge is 2.43. The summed E-state index contributed by atoms with van der Waals surface area (Å²) >= 11 is 0. The average molecular weight is 331 g/mol. The van der Waals surface area contributed by atoms with Gasteiger partial charge in [-0.05, 0) is 0 Å². The number of aromatic nitrogens is 3. The van der Waals surface area contributed by atoms with Crippen molar-refractivity contribution in [2.45, 2.75) is 24.5 Å². The van der Waals surface area contributed by atoms with Crippen LogP contribution in [-0.4, -0.2) is 54.8 Å². The Hall–Kier alpha value is -2.21. The van der Waals surface area contributed by atoms with Gasteiger partial charge in [-0.1, -0.05) is 0 Å². The maximum absolute atomic E-state index is 13.3. The molecule has 0 aliphatic carbocycles. The summed E-state index contributed by atoms with van der Waals surface area (Å²) in [6.45, 7) is -0.620. The van der Waals surface area contributed by atoms with Crippen LogP contribution in [-0.2, 0) is 4.74 Å². The van der Waals surface area contributed by atoms with Gasteiger partial charge in [-0.2, -0.15) is 13.8 Å². The molecule has 0 radical (unpaired) electrons. The minimum absolute atomic E-state index is 0.443. The molecular formula is C12H11F2N3O6. The second-order valence-corrected chi connectivity index (χ2v) is 5.00. The summed E-state index contributed by atoms with van der Waals surface area (Å²) < 4.78 is 32.3. The molecule has 2 aromatic heterocycles. The summed E-state index contributed by atoms with van der Waals surface area (Å²) in [4.78, 5) is 28.9. The van der Waals surface area contributed by atoms with E-state index in [0.717, 1.165) is 6.20 Å². The van der Waals surface area contributed by atoms with Crippen molar-refractivity contribution < 1.29 is 28.8 Å². The second kappa shape index (κ2) is 5.45. The lowest BCUT2D eigenvalue weighted by Gasteiger charge is -2.17. The van der Waals surface area contributed by atoms with E-state index < -0.39 is 65.1 Å². The molecule has 0 bridgehead atoms. The van der Waals surface area contributed by atoms with E-state index >= 15 is 0 Å². The van der Waals surface area contributed by atoms with E-state index in [4.69, 9.17) is 9.84 Å². The first-order chi connectivity index (χ1) is 10.8. The highest BCUT2D eigenvalue weighted by molar-refractivity contribution is 5.72. The van der Waals surface area contributed by atoms with Crippen molar-refractivity contribution in [1.82, 2.24) is 14.5 Å². The average Bonchev–Trinajstić information content (AvgIpc) is 2.80. The standard InChI is InChI=1S/C12H11F2N3O6/c13-5-6(19)3-1-17(12(22)16-10(3)15-9(5)14)11-8(21)7(20)4(2-18)23-11/h1,4,7-8,11,18,20-21H,2H2,(H,15,16,22). The number of hydrogen-bond donors (Lipinski definition) is 4. The number of aliphatic hydroxyl groups excluding tert-OH is 3. The Bertz CT molecular complexity index is 881. The fourth-order valence-electron chi connectivity index (χ4n) is 2.40. The van der Waals surface area contributed by atoms with Crippen molar-refractivity contribution in [3.05, 3.63) is 38.7 Å². The van der Waals surface area contributed by atoms with Crippen molar-refractivity contribution in [3.63, 3.8) is 0 Å². The number of aromatic amines is 1. The quantitative estimate of drug-likeness (QED) is 0.466. The van der Waals surface area contributed by atoms with Crippen LogP contribution in [0.25, 0.3) is 11.0 Å². The Kier molecular flexibility index (Phi) is 3.72. The van der Waals surface area contributed by atoms with Crippen molar-refractivity contribution in [3.8, 4) is 0 Å². The number of ether oxygens (including phenoxy) is 1. The van der Waals surface area contributed by atoms with Crippen LogP contribution in [0.2, 0.25) is 0 Å². The number of H-pyrrole nitrogens is 1. The molecule has 0 spiro atoms. The summed E-state index contributed by atoms with van der Waals surface area (Å²) in [7, 11) is 0. The third kappa shape index (κ3) is 2.34. The van der Waals surface area contributed by atoms with Gasteiger partial charge in [0, 0.05) is 6.20 Å². The van der Waals surface area contributed by atoms with Crippen molar-refractivity contribution in [1.29, 1.82) is 0 Å². The second-order valence-electron chi connectivity index (χ2n) is 5.00. The molecule has 1 aliphatic rings. The molecule has 2 aromatic rings. The smallest absolute Gasteiger partial charge is 0.351 e. The van der Waals surface area contributed by atoms with Crippen LogP contribution in [0.15, 0.2) is 15.8 Å². The molecule has 124 valence electrons. The largest absolute Gasteiger partial charge is 0.394 e. The predicted molar refractivity (Wildman–Crippen MR) is 69.5 cm³/mol. The van der Waals surface area contributed by atoms with Crippen molar-refractivity contribution >= 4 is 11.0 Å². The molecule has 1 fully saturated rings. The van der Waals surface area contributed by atoms with Gasteiger partial charge in [0.05, 0.1) is 12.0 Å². The third-order valence-electron chi connectivity index (χ3n) is 3.61. The van der Waals surface area contributed by atoms with E-state index in [1.165, 1.54) is 0 Å². The van der Waals surface area contributed by atoms with E-state index in [1.807, 2.05) is 4.98 Å². The maximum Gasteiger partial charge on any atom is 0.351 e. The van der Waals surface area contributed by atoms with E-state index in [2.05, 4.69) is 4.98 Å². The van der Waals surface area contributed by atoms with E-state index in [1.54, 1.807) is 0 Å². The molecule has 0 aromatic carbocycles. The molecule has 23 heavy (non-hydrogen) atoms. The Balaban J connectivity index is 2.18. The number of rotatable bonds is 2. The van der Waals surface area contributed by atoms with Crippen molar-refractivity contribution in [2.24, 2.45) is 0 Å². The van der Waals surface area contributed by atoms with Gasteiger partial charge in [-0.15, -0.1) is 0 Å². The van der Waals surface area contributed by atoms with Gasteiger partial charge in [0.15, 0.2) is 11.9 Å². The third-order valence-corrected chi connectivity index (χ3v) is 3.61. The van der Waals surface area contributed by atoms with Crippen LogP contribution in [0.1, 0.15) is 6.23 Å². The topological polar surface area (TPSA) is 138 Å². The molecule has 0 amide bonds. The van der Waals surface area contributed by atoms with Crippen LogP contribution in [0, 0.1) is 11.8 Å². The van der Waals surface area contributed by atoms with Gasteiger partial charge in [-0.3, -0.25) is 9.36 Å². The first-order valence-electron chi connectivity index (χ1n) is 6.47. The first kappa shape index (κ1) is 15.7. The Morgan fingerprint density at radius 3 is 2.61 bits per heavy atom. The van der Waals surface area contributed by atoms with Gasteiger partial charge in [0.1, 0.15) is 18.3 Å². The Morgan fingerprint density at radius 1 is 1.30 bits per heavy atom. The SMILES string of the molecule is O=c1c(F)c(F)[nH]c2nc(=O)n(C3OC(CO)C(O)C3O)cc12. The zero-order valence-corrected chi connectivity index (χ0v) is 11.3. The zero-order valence-electron chi connectivity index (χ0n) is 11.3. The van der Waals surface area contributed by atoms with Crippen LogP contribution < -0.4 is 11.1 Å². The minimum Gasteiger partial charge on any atom is -0.394 e. The summed E-state index contributed by atoms with van der Waals surface area (Å²) in [5, 5.41) is 28.1. The fourth-order valence-corrected chi connectivity index (χ4v) is 2.40. The fraction of sp³-hybridized carbons (Fsp3) is 0.417. The predicted octanol–water partition coefficient (Wildman–Crippen LogP) is -2.03. The van der Waals surface area contributed by atoms with Crippen LogP contribution in [0.5, 0.6) is 0 Å². The summed E-state index contributed by atoms with van der Waals surface area (Å²) in [6.07, 6.45) is -4.82. The molecule has 1 aliphatic heterocycles. The highest BCUT2D eigenvalue weighted by Crippen LogP contribution is 2.28. The normalized spacial score (nSPS) is 27.7. The van der Waals surface area contributed by atoms with Gasteiger partial charge >= 0.3 is 5.69 Å². The number of hydrogen-bond acceptors (Lipinski definition) is 7. The van der Waals surface area contributed by atoms with Crippen LogP contribution >= 0.6 is 0 Å². The van der Waals surface area contributed by atoms with Crippen LogP contribution in [0.3, 0.4) is 0 Å². The first-order valence-corrected chi connectivity index (χ1v) is 6.47. The van der Waals surface area contributed by atoms with Gasteiger partial charge in [0.2, 0.25) is 17.2 Å². The molecule has 3 heterocycles. The van der Waals surface area contributed by atoms with Gasteiger partial charge in [0.25, 0.3) is 0 Å². The van der Waals surface area contributed by atoms with Gasteiger partial charge in [-0.25, -0.2) is 4.79 Å². The molecule has 0 saturated carbocycles. The number of fused-ring (bicyclic) bond motifs is 1. The number of halogens is 2. The van der Waals surface area contributed by atoms with Crippen LogP contribution in [0.4, 0.5) is 8.78 Å².